The average molecular weight is 393 g/mol. The van der Waals surface area contributed by atoms with E-state index in [1.807, 2.05) is 47.4 Å². The Morgan fingerprint density at radius 3 is 2.77 bits per heavy atom. The van der Waals surface area contributed by atoms with Crippen LogP contribution in [0.2, 0.25) is 10.0 Å². The van der Waals surface area contributed by atoms with Gasteiger partial charge in [-0.25, -0.2) is 0 Å². The van der Waals surface area contributed by atoms with Crippen LogP contribution in [0.25, 0.3) is 0 Å². The summed E-state index contributed by atoms with van der Waals surface area (Å²) in [6.07, 6.45) is 0.276. The van der Waals surface area contributed by atoms with Crippen LogP contribution in [-0.4, -0.2) is 41.7 Å². The third-order valence-corrected chi connectivity index (χ3v) is 5.15. The number of nitrogens with zero attached hydrogens (tertiary/aromatic N) is 1. The summed E-state index contributed by atoms with van der Waals surface area (Å²) < 4.78 is 0. The molecule has 2 N–H and O–H groups in total. The minimum atomic E-state index is -0.497. The number of aliphatic hydroxyl groups excluding tert-OH is 1. The van der Waals surface area contributed by atoms with Gasteiger partial charge in [0.25, 0.3) is 0 Å². The van der Waals surface area contributed by atoms with E-state index in [0.717, 1.165) is 17.5 Å². The molecule has 2 atom stereocenters. The molecule has 26 heavy (non-hydrogen) atoms. The van der Waals surface area contributed by atoms with Crippen LogP contribution in [0.15, 0.2) is 42.5 Å². The van der Waals surface area contributed by atoms with Gasteiger partial charge < -0.3 is 15.3 Å². The maximum Gasteiger partial charge on any atom is 0.237 e. The van der Waals surface area contributed by atoms with Crippen LogP contribution in [0.4, 0.5) is 0 Å². The number of hydrogen-bond donors (Lipinski definition) is 2. The lowest BCUT2D eigenvalue weighted by molar-refractivity contribution is -0.132. The quantitative estimate of drug-likeness (QED) is 0.819. The van der Waals surface area contributed by atoms with Gasteiger partial charge in [-0.1, -0.05) is 47.5 Å². The standard InChI is InChI=1S/C20H22Cl2N2O2/c1-13(25)11-23-12-19(26)24-9-8-14-6-7-15(21)10-17(14)20(24)16-4-2-3-5-18(16)22/h2-7,10,13,20,23,25H,8-9,11-12H2,1H3/t13-,20?/m1/s1. The zero-order valence-electron chi connectivity index (χ0n) is 14.6. The molecule has 1 aliphatic heterocycles. The molecule has 138 valence electrons. The summed E-state index contributed by atoms with van der Waals surface area (Å²) in [4.78, 5) is 14.7. The number of amides is 1. The van der Waals surface area contributed by atoms with E-state index in [0.29, 0.717) is 23.1 Å². The molecule has 0 aliphatic carbocycles. The molecular formula is C20H22Cl2N2O2. The van der Waals surface area contributed by atoms with Crippen molar-refractivity contribution in [2.24, 2.45) is 0 Å². The summed E-state index contributed by atoms with van der Waals surface area (Å²) in [5.41, 5.74) is 3.09. The average Bonchev–Trinajstić information content (AvgIpc) is 2.61. The zero-order valence-corrected chi connectivity index (χ0v) is 16.1. The molecule has 1 amide bonds. The van der Waals surface area contributed by atoms with Crippen LogP contribution < -0.4 is 5.32 Å². The van der Waals surface area contributed by atoms with Crippen molar-refractivity contribution in [1.82, 2.24) is 10.2 Å². The van der Waals surface area contributed by atoms with Crippen LogP contribution in [0.1, 0.15) is 29.7 Å². The van der Waals surface area contributed by atoms with Gasteiger partial charge in [0.1, 0.15) is 0 Å². The summed E-state index contributed by atoms with van der Waals surface area (Å²) in [5.74, 6) is -0.0267. The lowest BCUT2D eigenvalue weighted by Crippen LogP contribution is -2.45. The molecule has 2 aromatic rings. The highest BCUT2D eigenvalue weighted by Gasteiger charge is 2.33. The first-order chi connectivity index (χ1) is 12.5. The number of carbonyl (C=O) groups excluding carboxylic acids is 1. The molecular weight excluding hydrogens is 371 g/mol. The van der Waals surface area contributed by atoms with Crippen molar-refractivity contribution in [2.75, 3.05) is 19.6 Å². The summed E-state index contributed by atoms with van der Waals surface area (Å²) in [7, 11) is 0. The summed E-state index contributed by atoms with van der Waals surface area (Å²) in [6, 6.07) is 13.1. The molecule has 1 heterocycles. The number of rotatable bonds is 5. The molecule has 0 spiro atoms. The molecule has 2 aromatic carbocycles. The fourth-order valence-corrected chi connectivity index (χ4v) is 3.80. The molecule has 0 bridgehead atoms. The van der Waals surface area contributed by atoms with Crippen LogP contribution in [-0.2, 0) is 11.2 Å². The zero-order chi connectivity index (χ0) is 18.7. The van der Waals surface area contributed by atoms with E-state index in [2.05, 4.69) is 5.32 Å². The SMILES string of the molecule is C[C@@H](O)CNCC(=O)N1CCc2ccc(Cl)cc2C1c1ccccc1Cl. The first-order valence-electron chi connectivity index (χ1n) is 8.68. The summed E-state index contributed by atoms with van der Waals surface area (Å²) in [6.45, 7) is 2.84. The van der Waals surface area contributed by atoms with Gasteiger partial charge in [0.2, 0.25) is 5.91 Å². The highest BCUT2D eigenvalue weighted by Crippen LogP contribution is 2.39. The van der Waals surface area contributed by atoms with Crippen molar-refractivity contribution in [1.29, 1.82) is 0 Å². The molecule has 6 heteroatoms. The highest BCUT2D eigenvalue weighted by atomic mass is 35.5. The molecule has 0 saturated carbocycles. The Hall–Kier alpha value is -1.59. The van der Waals surface area contributed by atoms with Crippen molar-refractivity contribution in [2.45, 2.75) is 25.5 Å². The Bertz CT molecular complexity index is 795. The van der Waals surface area contributed by atoms with E-state index in [1.54, 1.807) is 6.92 Å². The van der Waals surface area contributed by atoms with Gasteiger partial charge in [0.05, 0.1) is 18.7 Å². The van der Waals surface area contributed by atoms with Gasteiger partial charge in [-0.05, 0) is 48.2 Å². The monoisotopic (exact) mass is 392 g/mol. The van der Waals surface area contributed by atoms with Crippen molar-refractivity contribution in [3.8, 4) is 0 Å². The predicted molar refractivity (Wildman–Crippen MR) is 105 cm³/mol. The third kappa shape index (κ3) is 4.21. The molecule has 0 fully saturated rings. The van der Waals surface area contributed by atoms with Gasteiger partial charge in [-0.15, -0.1) is 0 Å². The number of fused-ring (bicyclic) bond motifs is 1. The van der Waals surface area contributed by atoms with Crippen LogP contribution in [0.3, 0.4) is 0 Å². The predicted octanol–water partition coefficient (Wildman–Crippen LogP) is 3.44. The lowest BCUT2D eigenvalue weighted by Gasteiger charge is -2.38. The molecule has 1 unspecified atom stereocenters. The largest absolute Gasteiger partial charge is 0.392 e. The van der Waals surface area contributed by atoms with Gasteiger partial charge in [0.15, 0.2) is 0 Å². The second-order valence-corrected chi connectivity index (χ2v) is 7.43. The fraction of sp³-hybridized carbons (Fsp3) is 0.350. The normalized spacial score (nSPS) is 17.7. The molecule has 1 aliphatic rings. The highest BCUT2D eigenvalue weighted by molar-refractivity contribution is 6.31. The summed E-state index contributed by atoms with van der Waals surface area (Å²) in [5, 5.41) is 13.7. The van der Waals surface area contributed by atoms with Crippen molar-refractivity contribution < 1.29 is 9.90 Å². The number of hydrogen-bond acceptors (Lipinski definition) is 3. The number of halogens is 2. The Balaban J connectivity index is 1.96. The Morgan fingerprint density at radius 2 is 2.04 bits per heavy atom. The van der Waals surface area contributed by atoms with Crippen LogP contribution >= 0.6 is 23.2 Å². The Morgan fingerprint density at radius 1 is 1.27 bits per heavy atom. The topological polar surface area (TPSA) is 52.6 Å². The minimum Gasteiger partial charge on any atom is -0.392 e. The van der Waals surface area contributed by atoms with Crippen molar-refractivity contribution >= 4 is 29.1 Å². The van der Waals surface area contributed by atoms with E-state index >= 15 is 0 Å². The molecule has 0 saturated heterocycles. The van der Waals surface area contributed by atoms with Gasteiger partial charge in [-0.2, -0.15) is 0 Å². The second kappa shape index (κ2) is 8.40. The van der Waals surface area contributed by atoms with Gasteiger partial charge in [-0.3, -0.25) is 4.79 Å². The molecule has 4 nitrogen and oxygen atoms in total. The maximum atomic E-state index is 12.9. The van der Waals surface area contributed by atoms with E-state index < -0.39 is 6.10 Å². The van der Waals surface area contributed by atoms with Gasteiger partial charge in [0, 0.05) is 23.1 Å². The van der Waals surface area contributed by atoms with Crippen LogP contribution in [0, 0.1) is 0 Å². The Labute approximate surface area is 163 Å². The van der Waals surface area contributed by atoms with E-state index in [-0.39, 0.29) is 18.5 Å². The fourth-order valence-electron chi connectivity index (χ4n) is 3.38. The first-order valence-corrected chi connectivity index (χ1v) is 9.44. The number of nitrogens with one attached hydrogen (secondary N) is 1. The first kappa shape index (κ1) is 19.2. The van der Waals surface area contributed by atoms with E-state index in [9.17, 15) is 9.90 Å². The molecule has 0 aromatic heterocycles. The number of carbonyl (C=O) groups is 1. The van der Waals surface area contributed by atoms with E-state index in [1.165, 1.54) is 5.56 Å². The van der Waals surface area contributed by atoms with Crippen molar-refractivity contribution in [3.63, 3.8) is 0 Å². The Kier molecular flexibility index (Phi) is 6.20. The second-order valence-electron chi connectivity index (χ2n) is 6.58. The molecule has 3 rings (SSSR count). The van der Waals surface area contributed by atoms with Crippen molar-refractivity contribution in [3.05, 3.63) is 69.2 Å². The maximum absolute atomic E-state index is 12.9. The smallest absolute Gasteiger partial charge is 0.237 e. The summed E-state index contributed by atoms with van der Waals surface area (Å²) >= 11 is 12.7. The number of aliphatic hydroxyl groups is 1. The third-order valence-electron chi connectivity index (χ3n) is 4.57. The molecule has 0 radical (unpaired) electrons. The van der Waals surface area contributed by atoms with E-state index in [4.69, 9.17) is 23.2 Å². The van der Waals surface area contributed by atoms with Crippen LogP contribution in [0.5, 0.6) is 0 Å². The lowest BCUT2D eigenvalue weighted by atomic mass is 9.88. The number of benzene rings is 2. The minimum absolute atomic E-state index is 0.0267. The van der Waals surface area contributed by atoms with Gasteiger partial charge >= 0.3 is 0 Å².